The number of hydrogen-bond donors (Lipinski definition) is 0. The summed E-state index contributed by atoms with van der Waals surface area (Å²) in [5.74, 6) is 0.458. The molecule has 0 spiro atoms. The molecule has 2 aliphatic heterocycles. The maximum Gasteiger partial charge on any atom is 0.241 e. The maximum absolute atomic E-state index is 13.6. The third-order valence-electron chi connectivity index (χ3n) is 6.97. The molecular weight excluding hydrogens is 384 g/mol. The number of nitrogens with zero attached hydrogens (tertiary/aromatic N) is 2. The highest BCUT2D eigenvalue weighted by atomic mass is 16.5. The fourth-order valence-electron chi connectivity index (χ4n) is 5.50. The van der Waals surface area contributed by atoms with Crippen molar-refractivity contribution in [3.8, 4) is 5.75 Å². The molecule has 1 aromatic carbocycles. The van der Waals surface area contributed by atoms with Crippen LogP contribution in [0.2, 0.25) is 0 Å². The summed E-state index contributed by atoms with van der Waals surface area (Å²) in [5, 5.41) is 0. The molecule has 0 N–H and O–H groups in total. The van der Waals surface area contributed by atoms with Crippen LogP contribution in [0.5, 0.6) is 5.75 Å². The van der Waals surface area contributed by atoms with E-state index in [1.165, 1.54) is 18.4 Å². The summed E-state index contributed by atoms with van der Waals surface area (Å²) < 4.78 is 10.6. The highest BCUT2D eigenvalue weighted by Crippen LogP contribution is 2.45. The van der Waals surface area contributed by atoms with E-state index in [-0.39, 0.29) is 49.8 Å². The van der Waals surface area contributed by atoms with E-state index in [0.29, 0.717) is 17.2 Å². The minimum Gasteiger partial charge on any atom is -0.496 e. The van der Waals surface area contributed by atoms with Crippen LogP contribution in [-0.4, -0.2) is 67.5 Å². The van der Waals surface area contributed by atoms with Crippen LogP contribution in [0.4, 0.5) is 0 Å². The number of para-hydroxylation sites is 1. The minimum atomic E-state index is -1.23. The Labute approximate surface area is 177 Å². The Morgan fingerprint density at radius 2 is 2.00 bits per heavy atom. The van der Waals surface area contributed by atoms with Crippen molar-refractivity contribution in [2.75, 3.05) is 33.9 Å². The minimum absolute atomic E-state index is 0.00928. The monoisotopic (exact) mass is 414 g/mol. The molecule has 2 saturated heterocycles. The van der Waals surface area contributed by atoms with Gasteiger partial charge in [0.15, 0.2) is 0 Å². The van der Waals surface area contributed by atoms with Gasteiger partial charge in [0.05, 0.1) is 25.7 Å². The van der Waals surface area contributed by atoms with Gasteiger partial charge < -0.3 is 14.4 Å². The maximum atomic E-state index is 13.6. The van der Waals surface area contributed by atoms with E-state index in [4.69, 9.17) is 9.47 Å². The van der Waals surface area contributed by atoms with Gasteiger partial charge in [-0.3, -0.25) is 19.3 Å². The quantitative estimate of drug-likeness (QED) is 0.639. The molecule has 3 fully saturated rings. The number of likely N-dealkylation sites (tertiary alicyclic amines) is 2. The zero-order valence-electron chi connectivity index (χ0n) is 17.8. The predicted octanol–water partition coefficient (Wildman–Crippen LogP) is 2.13. The first-order chi connectivity index (χ1) is 14.5. The lowest BCUT2D eigenvalue weighted by molar-refractivity contribution is -0.143. The molecule has 1 saturated carbocycles. The fraction of sp³-hybridized carbons (Fsp3) is 0.609. The summed E-state index contributed by atoms with van der Waals surface area (Å²) in [6.45, 7) is 1.22. The Hall–Kier alpha value is -2.41. The molecule has 30 heavy (non-hydrogen) atoms. The van der Waals surface area contributed by atoms with Gasteiger partial charge in [-0.05, 0) is 31.2 Å². The van der Waals surface area contributed by atoms with Crippen LogP contribution < -0.4 is 4.74 Å². The van der Waals surface area contributed by atoms with Gasteiger partial charge in [-0.1, -0.05) is 24.6 Å². The summed E-state index contributed by atoms with van der Waals surface area (Å²) in [7, 11) is 3.08. The van der Waals surface area contributed by atoms with E-state index in [2.05, 4.69) is 0 Å². The molecule has 2 bridgehead atoms. The molecule has 1 aliphatic carbocycles. The highest BCUT2D eigenvalue weighted by Gasteiger charge is 2.55. The smallest absolute Gasteiger partial charge is 0.241 e. The van der Waals surface area contributed by atoms with Gasteiger partial charge in [-0.2, -0.15) is 0 Å². The van der Waals surface area contributed by atoms with Gasteiger partial charge in [-0.25, -0.2) is 0 Å². The number of carbonyl (C=O) groups is 3. The van der Waals surface area contributed by atoms with Crippen molar-refractivity contribution in [3.63, 3.8) is 0 Å². The van der Waals surface area contributed by atoms with Crippen LogP contribution in [0.15, 0.2) is 24.3 Å². The molecule has 7 nitrogen and oxygen atoms in total. The van der Waals surface area contributed by atoms with Gasteiger partial charge in [0.25, 0.3) is 0 Å². The summed E-state index contributed by atoms with van der Waals surface area (Å²) >= 11 is 0. The van der Waals surface area contributed by atoms with Crippen molar-refractivity contribution in [2.45, 2.75) is 50.0 Å². The molecule has 7 heteroatoms. The summed E-state index contributed by atoms with van der Waals surface area (Å²) in [4.78, 5) is 43.1. The van der Waals surface area contributed by atoms with Crippen LogP contribution in [0, 0.1) is 5.92 Å². The molecule has 3 atom stereocenters. The lowest BCUT2D eigenvalue weighted by atomic mass is 9.75. The summed E-state index contributed by atoms with van der Waals surface area (Å²) in [5.41, 5.74) is -0.619. The number of rotatable bonds is 7. The summed E-state index contributed by atoms with van der Waals surface area (Å²) in [6, 6.07) is 7.50. The molecular formula is C23H30N2O5. The molecule has 0 radical (unpaired) electrons. The van der Waals surface area contributed by atoms with E-state index >= 15 is 0 Å². The number of imide groups is 1. The third kappa shape index (κ3) is 3.49. The Balaban J connectivity index is 1.69. The van der Waals surface area contributed by atoms with Crippen LogP contribution in [0.3, 0.4) is 0 Å². The van der Waals surface area contributed by atoms with Crippen molar-refractivity contribution < 1.29 is 23.9 Å². The van der Waals surface area contributed by atoms with Crippen molar-refractivity contribution in [1.29, 1.82) is 0 Å². The second kappa shape index (κ2) is 8.38. The number of methoxy groups -OCH3 is 2. The number of ether oxygens (including phenoxy) is 2. The highest BCUT2D eigenvalue weighted by molar-refractivity contribution is 6.11. The molecule has 1 aromatic rings. The largest absolute Gasteiger partial charge is 0.496 e. The van der Waals surface area contributed by atoms with E-state index in [1.807, 2.05) is 17.0 Å². The fourth-order valence-corrected chi connectivity index (χ4v) is 5.50. The van der Waals surface area contributed by atoms with Crippen LogP contribution in [-0.2, 0) is 24.5 Å². The Bertz CT molecular complexity index is 841. The van der Waals surface area contributed by atoms with Crippen molar-refractivity contribution in [1.82, 2.24) is 9.80 Å². The summed E-state index contributed by atoms with van der Waals surface area (Å²) in [6.07, 6.45) is 4.37. The van der Waals surface area contributed by atoms with Crippen molar-refractivity contribution >= 4 is 17.7 Å². The Morgan fingerprint density at radius 1 is 1.20 bits per heavy atom. The van der Waals surface area contributed by atoms with Gasteiger partial charge >= 0.3 is 0 Å². The number of benzene rings is 1. The average molecular weight is 415 g/mol. The first-order valence-electron chi connectivity index (χ1n) is 10.8. The SMILES string of the molecule is COCCN1C(=O)CC(CC(=O)N2CC3CCCC2C3)(c2ccccc2OC)C1=O. The van der Waals surface area contributed by atoms with Gasteiger partial charge in [0, 0.05) is 38.1 Å². The zero-order valence-corrected chi connectivity index (χ0v) is 17.8. The number of carbonyl (C=O) groups excluding carboxylic acids is 3. The molecule has 3 unspecified atom stereocenters. The standard InChI is InChI=1S/C23H30N2O5/c1-29-11-10-24-20(26)13-23(22(24)28,18-8-3-4-9-19(18)30-2)14-21(27)25-15-16-6-5-7-17(25)12-16/h3-4,8-9,16-17H,5-7,10-15H2,1-2H3. The molecule has 3 aliphatic rings. The molecule has 0 aromatic heterocycles. The van der Waals surface area contributed by atoms with E-state index in [9.17, 15) is 14.4 Å². The van der Waals surface area contributed by atoms with E-state index in [0.717, 1.165) is 25.8 Å². The Morgan fingerprint density at radius 3 is 2.73 bits per heavy atom. The zero-order chi connectivity index (χ0) is 21.3. The van der Waals surface area contributed by atoms with Gasteiger partial charge in [0.2, 0.25) is 17.7 Å². The lowest BCUT2D eigenvalue weighted by Gasteiger charge is -2.32. The van der Waals surface area contributed by atoms with E-state index < -0.39 is 5.41 Å². The van der Waals surface area contributed by atoms with Gasteiger partial charge in [0.1, 0.15) is 5.75 Å². The number of amides is 3. The molecule has 162 valence electrons. The number of fused-ring (bicyclic) bond motifs is 2. The Kier molecular flexibility index (Phi) is 5.82. The van der Waals surface area contributed by atoms with Crippen LogP contribution >= 0.6 is 0 Å². The van der Waals surface area contributed by atoms with E-state index in [1.54, 1.807) is 19.2 Å². The second-order valence-corrected chi connectivity index (χ2v) is 8.71. The van der Waals surface area contributed by atoms with Gasteiger partial charge in [-0.15, -0.1) is 0 Å². The van der Waals surface area contributed by atoms with Crippen LogP contribution in [0.1, 0.15) is 44.1 Å². The van der Waals surface area contributed by atoms with Crippen LogP contribution in [0.25, 0.3) is 0 Å². The van der Waals surface area contributed by atoms with Crippen molar-refractivity contribution in [2.24, 2.45) is 5.92 Å². The molecule has 4 rings (SSSR count). The predicted molar refractivity (Wildman–Crippen MR) is 110 cm³/mol. The molecule has 2 heterocycles. The van der Waals surface area contributed by atoms with Crippen molar-refractivity contribution in [3.05, 3.63) is 29.8 Å². The first-order valence-corrected chi connectivity index (χ1v) is 10.8. The third-order valence-corrected chi connectivity index (χ3v) is 6.97. The normalized spacial score (nSPS) is 28.3. The lowest BCUT2D eigenvalue weighted by Crippen LogP contribution is -2.45. The molecule has 3 amide bonds. The topological polar surface area (TPSA) is 76.2 Å². The average Bonchev–Trinajstić information content (AvgIpc) is 3.18. The number of hydrogen-bond acceptors (Lipinski definition) is 5. The second-order valence-electron chi connectivity index (χ2n) is 8.71. The first kappa shape index (κ1) is 20.8.